The Labute approximate surface area is 128 Å². The lowest BCUT2D eigenvalue weighted by molar-refractivity contribution is 0.0662. The molecule has 1 unspecified atom stereocenters. The molecule has 0 saturated carbocycles. The largest absolute Gasteiger partial charge is 0.475 e. The van der Waals surface area contributed by atoms with Gasteiger partial charge in [-0.1, -0.05) is 20.3 Å². The summed E-state index contributed by atoms with van der Waals surface area (Å²) >= 11 is 0. The first-order chi connectivity index (χ1) is 10.3. The second kappa shape index (κ2) is 9.00. The average Bonchev–Trinajstić information content (AvgIpc) is 2.99. The molecule has 118 valence electrons. The second-order valence-electron chi connectivity index (χ2n) is 5.68. The number of ether oxygens (including phenoxy) is 2. The molecule has 1 fully saturated rings. The first-order valence-electron chi connectivity index (χ1n) is 8.26. The van der Waals surface area contributed by atoms with Crippen LogP contribution in [0.1, 0.15) is 50.8 Å². The maximum absolute atomic E-state index is 5.86. The van der Waals surface area contributed by atoms with E-state index in [1.807, 2.05) is 0 Å². The third-order valence-electron chi connectivity index (χ3n) is 3.62. The quantitative estimate of drug-likeness (QED) is 0.710. The molecule has 0 amide bonds. The smallest absolute Gasteiger partial charge is 0.213 e. The lowest BCUT2D eigenvalue weighted by Crippen LogP contribution is -2.18. The van der Waals surface area contributed by atoms with Crippen molar-refractivity contribution in [3.8, 4) is 5.88 Å². The maximum atomic E-state index is 5.86. The lowest BCUT2D eigenvalue weighted by atomic mass is 10.1. The van der Waals surface area contributed by atoms with Crippen molar-refractivity contribution in [2.75, 3.05) is 19.8 Å². The molecule has 0 aliphatic carbocycles. The van der Waals surface area contributed by atoms with Crippen molar-refractivity contribution in [3.63, 3.8) is 0 Å². The Balaban J connectivity index is 1.96. The number of aromatic nitrogens is 1. The molecule has 1 aliphatic rings. The van der Waals surface area contributed by atoms with Gasteiger partial charge in [0.2, 0.25) is 5.88 Å². The van der Waals surface area contributed by atoms with Crippen molar-refractivity contribution < 1.29 is 9.47 Å². The van der Waals surface area contributed by atoms with Gasteiger partial charge in [0, 0.05) is 24.9 Å². The molecular weight excluding hydrogens is 264 g/mol. The number of nitrogens with zero attached hydrogens (tertiary/aromatic N) is 1. The zero-order valence-corrected chi connectivity index (χ0v) is 13.4. The normalized spacial score (nSPS) is 18.1. The number of hydrogen-bond acceptors (Lipinski definition) is 4. The van der Waals surface area contributed by atoms with Crippen LogP contribution in [0.3, 0.4) is 0 Å². The Hall–Kier alpha value is -1.13. The van der Waals surface area contributed by atoms with Crippen molar-refractivity contribution in [1.29, 1.82) is 0 Å². The minimum Gasteiger partial charge on any atom is -0.475 e. The van der Waals surface area contributed by atoms with E-state index in [0.29, 0.717) is 6.61 Å². The van der Waals surface area contributed by atoms with E-state index in [2.05, 4.69) is 36.3 Å². The molecule has 0 radical (unpaired) electrons. The van der Waals surface area contributed by atoms with Crippen molar-refractivity contribution >= 4 is 0 Å². The van der Waals surface area contributed by atoms with Crippen LogP contribution in [0.4, 0.5) is 0 Å². The molecule has 2 rings (SSSR count). The molecule has 21 heavy (non-hydrogen) atoms. The average molecular weight is 292 g/mol. The fraction of sp³-hybridized carbons (Fsp3) is 0.706. The summed E-state index contributed by atoms with van der Waals surface area (Å²) < 4.78 is 11.5. The fourth-order valence-electron chi connectivity index (χ4n) is 2.54. The minimum atomic E-state index is 0.239. The first kappa shape index (κ1) is 16.2. The third-order valence-corrected chi connectivity index (χ3v) is 3.62. The highest BCUT2D eigenvalue weighted by atomic mass is 16.5. The van der Waals surface area contributed by atoms with E-state index in [4.69, 9.17) is 9.47 Å². The molecule has 0 spiro atoms. The molecule has 2 heterocycles. The molecule has 1 aliphatic heterocycles. The summed E-state index contributed by atoms with van der Waals surface area (Å²) in [4.78, 5) is 4.61. The standard InChI is InChI=1S/C17H28N2O2/c1-3-6-15-10-14(12-18-8-4-2)11-17(19-15)21-13-16-7-5-9-20-16/h10-11,16,18H,3-9,12-13H2,1-2H3. The van der Waals surface area contributed by atoms with Crippen molar-refractivity contribution in [2.24, 2.45) is 0 Å². The van der Waals surface area contributed by atoms with Crippen LogP contribution in [0.15, 0.2) is 12.1 Å². The SMILES string of the molecule is CCCNCc1cc(CCC)nc(OCC2CCCO2)c1. The number of nitrogens with one attached hydrogen (secondary N) is 1. The van der Waals surface area contributed by atoms with Gasteiger partial charge in [-0.25, -0.2) is 4.98 Å². The minimum absolute atomic E-state index is 0.239. The van der Waals surface area contributed by atoms with Gasteiger partial charge in [-0.15, -0.1) is 0 Å². The van der Waals surface area contributed by atoms with Gasteiger partial charge in [0.15, 0.2) is 0 Å². The van der Waals surface area contributed by atoms with Crippen LogP contribution in [0.2, 0.25) is 0 Å². The summed E-state index contributed by atoms with van der Waals surface area (Å²) in [5.74, 6) is 0.741. The highest BCUT2D eigenvalue weighted by molar-refractivity contribution is 5.25. The van der Waals surface area contributed by atoms with Crippen LogP contribution in [-0.2, 0) is 17.7 Å². The van der Waals surface area contributed by atoms with Crippen LogP contribution in [0, 0.1) is 0 Å². The molecule has 1 atom stereocenters. The predicted molar refractivity (Wildman–Crippen MR) is 84.7 cm³/mol. The van der Waals surface area contributed by atoms with E-state index in [0.717, 1.165) is 63.4 Å². The molecule has 0 bridgehead atoms. The summed E-state index contributed by atoms with van der Waals surface area (Å²) in [5.41, 5.74) is 2.37. The molecule has 1 saturated heterocycles. The van der Waals surface area contributed by atoms with Gasteiger partial charge in [0.25, 0.3) is 0 Å². The number of pyridine rings is 1. The summed E-state index contributed by atoms with van der Waals surface area (Å²) in [6, 6.07) is 4.24. The highest BCUT2D eigenvalue weighted by Crippen LogP contribution is 2.17. The van der Waals surface area contributed by atoms with Crippen molar-refractivity contribution in [3.05, 3.63) is 23.4 Å². The Morgan fingerprint density at radius 1 is 1.33 bits per heavy atom. The van der Waals surface area contributed by atoms with Crippen LogP contribution in [0.25, 0.3) is 0 Å². The zero-order valence-electron chi connectivity index (χ0n) is 13.4. The van der Waals surface area contributed by atoms with E-state index in [9.17, 15) is 0 Å². The Kier molecular flexibility index (Phi) is 6.96. The molecule has 4 nitrogen and oxygen atoms in total. The van der Waals surface area contributed by atoms with Gasteiger partial charge in [0.05, 0.1) is 6.10 Å². The molecule has 1 aromatic heterocycles. The van der Waals surface area contributed by atoms with Crippen molar-refractivity contribution in [1.82, 2.24) is 10.3 Å². The summed E-state index contributed by atoms with van der Waals surface area (Å²) in [5, 5.41) is 3.44. The lowest BCUT2D eigenvalue weighted by Gasteiger charge is -2.13. The van der Waals surface area contributed by atoms with Gasteiger partial charge in [-0.2, -0.15) is 0 Å². The van der Waals surface area contributed by atoms with E-state index >= 15 is 0 Å². The number of aryl methyl sites for hydroxylation is 1. The van der Waals surface area contributed by atoms with Gasteiger partial charge >= 0.3 is 0 Å². The summed E-state index contributed by atoms with van der Waals surface area (Å²) in [6.07, 6.45) is 5.73. The monoisotopic (exact) mass is 292 g/mol. The van der Waals surface area contributed by atoms with Crippen LogP contribution in [0.5, 0.6) is 5.88 Å². The van der Waals surface area contributed by atoms with E-state index in [1.54, 1.807) is 0 Å². The molecule has 4 heteroatoms. The summed E-state index contributed by atoms with van der Waals surface area (Å²) in [6.45, 7) is 7.75. The number of rotatable bonds is 9. The topological polar surface area (TPSA) is 43.4 Å². The third kappa shape index (κ3) is 5.64. The van der Waals surface area contributed by atoms with Crippen LogP contribution < -0.4 is 10.1 Å². The Bertz CT molecular complexity index is 417. The zero-order chi connectivity index (χ0) is 14.9. The number of hydrogen-bond donors (Lipinski definition) is 1. The molecule has 1 aromatic rings. The molecule has 1 N–H and O–H groups in total. The van der Waals surface area contributed by atoms with Crippen LogP contribution in [-0.4, -0.2) is 30.8 Å². The van der Waals surface area contributed by atoms with Crippen molar-refractivity contribution in [2.45, 2.75) is 58.6 Å². The van der Waals surface area contributed by atoms with Crippen LogP contribution >= 0.6 is 0 Å². The predicted octanol–water partition coefficient (Wildman–Crippen LogP) is 3.09. The van der Waals surface area contributed by atoms with E-state index in [1.165, 1.54) is 5.56 Å². The van der Waals surface area contributed by atoms with Gasteiger partial charge in [-0.05, 0) is 43.9 Å². The van der Waals surface area contributed by atoms with Gasteiger partial charge in [-0.3, -0.25) is 0 Å². The van der Waals surface area contributed by atoms with Gasteiger partial charge in [0.1, 0.15) is 6.61 Å². The molecule has 0 aromatic carbocycles. The Morgan fingerprint density at radius 3 is 2.95 bits per heavy atom. The fourth-order valence-corrected chi connectivity index (χ4v) is 2.54. The van der Waals surface area contributed by atoms with Gasteiger partial charge < -0.3 is 14.8 Å². The van der Waals surface area contributed by atoms with E-state index < -0.39 is 0 Å². The first-order valence-corrected chi connectivity index (χ1v) is 8.26. The summed E-state index contributed by atoms with van der Waals surface area (Å²) in [7, 11) is 0. The van der Waals surface area contributed by atoms with E-state index in [-0.39, 0.29) is 6.10 Å². The maximum Gasteiger partial charge on any atom is 0.213 e. The highest BCUT2D eigenvalue weighted by Gasteiger charge is 2.16. The molecular formula is C17H28N2O2. The second-order valence-corrected chi connectivity index (χ2v) is 5.68. The Morgan fingerprint density at radius 2 is 2.24 bits per heavy atom.